The Morgan fingerprint density at radius 1 is 1.05 bits per heavy atom. The number of benzene rings is 3. The number of ether oxygens (including phenoxy) is 2. The minimum Gasteiger partial charge on any atom is -0.493 e. The fourth-order valence-corrected chi connectivity index (χ4v) is 4.20. The number of nitrogens with one attached hydrogen (secondary N) is 2. The number of thiazole rings is 1. The van der Waals surface area contributed by atoms with Gasteiger partial charge in [0.15, 0.2) is 16.6 Å². The monoisotopic (exact) mass is 514 g/mol. The number of unbranched alkanes of at least 4 members (excludes halogenated alkanes) is 1. The van der Waals surface area contributed by atoms with E-state index in [0.29, 0.717) is 23.7 Å². The highest BCUT2D eigenvalue weighted by Gasteiger charge is 2.09. The Bertz CT molecular complexity index is 1350. The molecule has 0 bridgehead atoms. The van der Waals surface area contributed by atoms with E-state index in [1.807, 2.05) is 47.8 Å². The van der Waals surface area contributed by atoms with E-state index in [1.54, 1.807) is 25.5 Å². The van der Waals surface area contributed by atoms with Gasteiger partial charge in [0.05, 0.1) is 25.6 Å². The summed E-state index contributed by atoms with van der Waals surface area (Å²) in [7, 11) is 1.60. The molecule has 1 heterocycles. The molecule has 0 fully saturated rings. The van der Waals surface area contributed by atoms with Gasteiger partial charge in [0.1, 0.15) is 0 Å². The van der Waals surface area contributed by atoms with E-state index in [-0.39, 0.29) is 5.91 Å². The number of methoxy groups -OCH3 is 1. The van der Waals surface area contributed by atoms with Crippen LogP contribution in [0.5, 0.6) is 11.5 Å². The summed E-state index contributed by atoms with van der Waals surface area (Å²) in [5.41, 5.74) is 7.85. The van der Waals surface area contributed by atoms with Gasteiger partial charge in [0, 0.05) is 22.2 Å². The SMILES string of the molecule is CCCCOc1ccc(/C=N/NC(=O)c2ccc(-c3csc(Nc4ccc(C)cc4)n3)cc2)cc1OC. The topological polar surface area (TPSA) is 84.8 Å². The van der Waals surface area contributed by atoms with Gasteiger partial charge >= 0.3 is 0 Å². The molecule has 4 rings (SSSR count). The number of carbonyl (C=O) groups excluding carboxylic acids is 1. The van der Waals surface area contributed by atoms with E-state index in [0.717, 1.165) is 40.5 Å². The largest absolute Gasteiger partial charge is 0.493 e. The van der Waals surface area contributed by atoms with Crippen LogP contribution in [0.3, 0.4) is 0 Å². The van der Waals surface area contributed by atoms with Crippen molar-refractivity contribution in [1.82, 2.24) is 10.4 Å². The van der Waals surface area contributed by atoms with Gasteiger partial charge in [-0.05, 0) is 61.4 Å². The lowest BCUT2D eigenvalue weighted by Crippen LogP contribution is -2.17. The number of nitrogens with zero attached hydrogens (tertiary/aromatic N) is 2. The van der Waals surface area contributed by atoms with Gasteiger partial charge < -0.3 is 14.8 Å². The average molecular weight is 515 g/mol. The quantitative estimate of drug-likeness (QED) is 0.130. The fourth-order valence-electron chi connectivity index (χ4n) is 3.46. The van der Waals surface area contributed by atoms with E-state index in [9.17, 15) is 4.79 Å². The molecule has 1 amide bonds. The predicted octanol–water partition coefficient (Wildman–Crippen LogP) is 6.81. The number of amides is 1. The van der Waals surface area contributed by atoms with Crippen LogP contribution in [0.25, 0.3) is 11.3 Å². The van der Waals surface area contributed by atoms with Crippen LogP contribution in [0.1, 0.15) is 41.3 Å². The van der Waals surface area contributed by atoms with Crippen molar-refractivity contribution < 1.29 is 14.3 Å². The number of hydrazone groups is 1. The third-order valence-corrected chi connectivity index (χ3v) is 6.33. The minimum atomic E-state index is -0.297. The zero-order valence-corrected chi connectivity index (χ0v) is 22.0. The van der Waals surface area contributed by atoms with E-state index in [2.05, 4.69) is 46.8 Å². The second-order valence-corrected chi connectivity index (χ2v) is 9.28. The average Bonchev–Trinajstić information content (AvgIpc) is 3.39. The lowest BCUT2D eigenvalue weighted by atomic mass is 10.1. The number of aryl methyl sites for hydroxylation is 1. The molecule has 0 saturated heterocycles. The molecule has 7 nitrogen and oxygen atoms in total. The molecule has 4 aromatic rings. The second-order valence-electron chi connectivity index (χ2n) is 8.42. The van der Waals surface area contributed by atoms with Crippen molar-refractivity contribution in [2.45, 2.75) is 26.7 Å². The molecule has 8 heteroatoms. The first-order valence-electron chi connectivity index (χ1n) is 12.1. The zero-order chi connectivity index (χ0) is 26.0. The minimum absolute atomic E-state index is 0.297. The number of aromatic nitrogens is 1. The first-order valence-corrected chi connectivity index (χ1v) is 13.0. The molecule has 0 saturated carbocycles. The normalized spacial score (nSPS) is 10.9. The van der Waals surface area contributed by atoms with Crippen LogP contribution in [0.4, 0.5) is 10.8 Å². The molecular formula is C29H30N4O3S. The van der Waals surface area contributed by atoms with Crippen LogP contribution in [0, 0.1) is 6.92 Å². The summed E-state index contributed by atoms with van der Waals surface area (Å²) in [6, 6.07) is 21.0. The summed E-state index contributed by atoms with van der Waals surface area (Å²) in [6.07, 6.45) is 3.62. The molecule has 0 aliphatic rings. The molecule has 0 atom stereocenters. The molecule has 3 aromatic carbocycles. The molecule has 0 aliphatic heterocycles. The van der Waals surface area contributed by atoms with Crippen molar-refractivity contribution in [2.24, 2.45) is 5.10 Å². The number of rotatable bonds is 11. The van der Waals surface area contributed by atoms with E-state index in [4.69, 9.17) is 9.47 Å². The lowest BCUT2D eigenvalue weighted by Gasteiger charge is -2.10. The van der Waals surface area contributed by atoms with Crippen molar-refractivity contribution in [2.75, 3.05) is 19.0 Å². The summed E-state index contributed by atoms with van der Waals surface area (Å²) >= 11 is 1.53. The van der Waals surface area contributed by atoms with Gasteiger partial charge in [0.2, 0.25) is 0 Å². The predicted molar refractivity (Wildman–Crippen MR) is 150 cm³/mol. The molecular weight excluding hydrogens is 484 g/mol. The molecule has 0 unspecified atom stereocenters. The summed E-state index contributed by atoms with van der Waals surface area (Å²) in [5.74, 6) is 1.02. The van der Waals surface area contributed by atoms with E-state index < -0.39 is 0 Å². The standard InChI is InChI=1S/C29H30N4O3S/c1-4-5-16-36-26-15-8-21(17-27(26)35-3)18-30-33-28(34)23-11-9-22(10-12-23)25-19-37-29(32-25)31-24-13-6-20(2)7-14-24/h6-15,17-19H,4-5,16H2,1-3H3,(H,31,32)(H,33,34)/b30-18+. The third-order valence-electron chi connectivity index (χ3n) is 5.57. The van der Waals surface area contributed by atoms with Crippen LogP contribution < -0.4 is 20.2 Å². The summed E-state index contributed by atoms with van der Waals surface area (Å²) < 4.78 is 11.2. The maximum atomic E-state index is 12.5. The maximum absolute atomic E-state index is 12.5. The highest BCUT2D eigenvalue weighted by molar-refractivity contribution is 7.14. The van der Waals surface area contributed by atoms with Gasteiger partial charge in [-0.15, -0.1) is 11.3 Å². The summed E-state index contributed by atoms with van der Waals surface area (Å²) in [6.45, 7) is 4.82. The van der Waals surface area contributed by atoms with Crippen LogP contribution >= 0.6 is 11.3 Å². The van der Waals surface area contributed by atoms with Gasteiger partial charge in [-0.2, -0.15) is 5.10 Å². The zero-order valence-electron chi connectivity index (χ0n) is 21.2. The summed E-state index contributed by atoms with van der Waals surface area (Å²) in [5, 5.41) is 10.2. The molecule has 0 spiro atoms. The summed E-state index contributed by atoms with van der Waals surface area (Å²) in [4.78, 5) is 17.2. The van der Waals surface area contributed by atoms with Crippen LogP contribution in [-0.2, 0) is 0 Å². The maximum Gasteiger partial charge on any atom is 0.271 e. The van der Waals surface area contributed by atoms with Crippen LogP contribution in [0.2, 0.25) is 0 Å². The van der Waals surface area contributed by atoms with Gasteiger partial charge in [-0.25, -0.2) is 10.4 Å². The number of carbonyl (C=O) groups is 1. The number of hydrogen-bond acceptors (Lipinski definition) is 7. The van der Waals surface area contributed by atoms with Crippen molar-refractivity contribution in [3.05, 3.63) is 88.8 Å². The molecule has 1 aromatic heterocycles. The molecule has 37 heavy (non-hydrogen) atoms. The molecule has 2 N–H and O–H groups in total. The molecule has 0 radical (unpaired) electrons. The van der Waals surface area contributed by atoms with Crippen molar-refractivity contribution >= 4 is 34.3 Å². The Balaban J connectivity index is 1.33. The smallest absolute Gasteiger partial charge is 0.271 e. The molecule has 190 valence electrons. The number of anilines is 2. The Labute approximate surface area is 221 Å². The van der Waals surface area contributed by atoms with Crippen molar-refractivity contribution in [1.29, 1.82) is 0 Å². The van der Waals surface area contributed by atoms with Gasteiger partial charge in [-0.1, -0.05) is 43.2 Å². The van der Waals surface area contributed by atoms with Gasteiger partial charge in [0.25, 0.3) is 5.91 Å². The first kappa shape index (κ1) is 25.9. The molecule has 0 aliphatic carbocycles. The second kappa shape index (κ2) is 12.7. The highest BCUT2D eigenvalue weighted by Crippen LogP contribution is 2.28. The Morgan fingerprint density at radius 3 is 2.57 bits per heavy atom. The Morgan fingerprint density at radius 2 is 1.84 bits per heavy atom. The van der Waals surface area contributed by atoms with Crippen LogP contribution in [-0.4, -0.2) is 30.8 Å². The first-order chi connectivity index (χ1) is 18.1. The lowest BCUT2D eigenvalue weighted by molar-refractivity contribution is 0.0955. The highest BCUT2D eigenvalue weighted by atomic mass is 32.1. The Kier molecular flexibility index (Phi) is 8.89. The Hall–Kier alpha value is -4.17. The van der Waals surface area contributed by atoms with E-state index in [1.165, 1.54) is 16.9 Å². The van der Waals surface area contributed by atoms with Crippen molar-refractivity contribution in [3.63, 3.8) is 0 Å². The van der Waals surface area contributed by atoms with Gasteiger partial charge in [-0.3, -0.25) is 4.79 Å². The van der Waals surface area contributed by atoms with E-state index >= 15 is 0 Å². The van der Waals surface area contributed by atoms with Crippen LogP contribution in [0.15, 0.2) is 77.2 Å². The third kappa shape index (κ3) is 7.17. The van der Waals surface area contributed by atoms with Crippen molar-refractivity contribution in [3.8, 4) is 22.8 Å². The fraction of sp³-hybridized carbons (Fsp3) is 0.207. The number of hydrogen-bond donors (Lipinski definition) is 2.